The van der Waals surface area contributed by atoms with Crippen molar-refractivity contribution in [2.75, 3.05) is 0 Å². The molecule has 0 unspecified atom stereocenters. The molecular weight excluding hydrogens is 200 g/mol. The lowest BCUT2D eigenvalue weighted by atomic mass is 10.2. The molecule has 0 aromatic carbocycles. The van der Waals surface area contributed by atoms with E-state index in [0.29, 0.717) is 5.69 Å². The van der Waals surface area contributed by atoms with Gasteiger partial charge in [-0.2, -0.15) is 0 Å². The molecule has 2 rings (SSSR count). The highest BCUT2D eigenvalue weighted by molar-refractivity contribution is 5.76. The van der Waals surface area contributed by atoms with Gasteiger partial charge in [-0.25, -0.2) is 15.0 Å². The minimum absolute atomic E-state index is 0.569. The maximum atomic E-state index is 5.36. The SMILES string of the molecule is C#Cc1ncnc2c1ncn2CCCCC. The molecule has 4 nitrogen and oxygen atoms in total. The Balaban J connectivity index is 2.31. The monoisotopic (exact) mass is 214 g/mol. The number of unbranched alkanes of at least 4 members (excludes halogenated alkanes) is 2. The molecule has 0 aliphatic heterocycles. The van der Waals surface area contributed by atoms with Crippen LogP contribution in [0.1, 0.15) is 31.9 Å². The standard InChI is InChI=1S/C12H14N4/c1-3-5-6-7-16-9-15-11-10(4-2)13-8-14-12(11)16/h2,8-9H,3,5-7H2,1H3. The number of aromatic nitrogens is 4. The van der Waals surface area contributed by atoms with Gasteiger partial charge in [-0.1, -0.05) is 19.8 Å². The van der Waals surface area contributed by atoms with Crippen LogP contribution in [0.3, 0.4) is 0 Å². The molecule has 0 radical (unpaired) electrons. The fraction of sp³-hybridized carbons (Fsp3) is 0.417. The smallest absolute Gasteiger partial charge is 0.164 e. The van der Waals surface area contributed by atoms with Gasteiger partial charge in [0.05, 0.1) is 6.33 Å². The molecular formula is C12H14N4. The summed E-state index contributed by atoms with van der Waals surface area (Å²) in [5.41, 5.74) is 2.12. The molecule has 0 aliphatic rings. The Hall–Kier alpha value is -1.89. The number of aryl methyl sites for hydroxylation is 1. The van der Waals surface area contributed by atoms with Crippen molar-refractivity contribution in [3.05, 3.63) is 18.3 Å². The van der Waals surface area contributed by atoms with E-state index in [1.165, 1.54) is 19.2 Å². The predicted octanol–water partition coefficient (Wildman–Crippen LogP) is 2.00. The third kappa shape index (κ3) is 1.89. The summed E-state index contributed by atoms with van der Waals surface area (Å²) in [6.07, 6.45) is 12.2. The summed E-state index contributed by atoms with van der Waals surface area (Å²) in [4.78, 5) is 12.5. The van der Waals surface area contributed by atoms with Crippen LogP contribution in [0.25, 0.3) is 11.2 Å². The molecule has 4 heteroatoms. The van der Waals surface area contributed by atoms with Crippen LogP contribution in [0.15, 0.2) is 12.7 Å². The summed E-state index contributed by atoms with van der Waals surface area (Å²) in [5, 5.41) is 0. The first-order valence-corrected chi connectivity index (χ1v) is 5.49. The topological polar surface area (TPSA) is 43.6 Å². The van der Waals surface area contributed by atoms with Crippen LogP contribution in [0, 0.1) is 12.3 Å². The van der Waals surface area contributed by atoms with Crippen LogP contribution in [0.5, 0.6) is 0 Å². The highest BCUT2D eigenvalue weighted by atomic mass is 15.1. The Morgan fingerprint density at radius 3 is 2.94 bits per heavy atom. The second-order valence-electron chi connectivity index (χ2n) is 3.68. The zero-order chi connectivity index (χ0) is 11.4. The van der Waals surface area contributed by atoms with Crippen molar-refractivity contribution in [2.45, 2.75) is 32.7 Å². The highest BCUT2D eigenvalue weighted by Crippen LogP contribution is 2.12. The number of terminal acetylenes is 1. The Bertz CT molecular complexity index is 521. The predicted molar refractivity (Wildman–Crippen MR) is 62.8 cm³/mol. The van der Waals surface area contributed by atoms with E-state index >= 15 is 0 Å². The Kier molecular flexibility index (Phi) is 3.16. The molecule has 0 fully saturated rings. The van der Waals surface area contributed by atoms with Crippen molar-refractivity contribution in [3.8, 4) is 12.3 Å². The number of fused-ring (bicyclic) bond motifs is 1. The van der Waals surface area contributed by atoms with E-state index in [2.05, 4.69) is 27.8 Å². The van der Waals surface area contributed by atoms with E-state index in [1.54, 1.807) is 6.33 Å². The van der Waals surface area contributed by atoms with Gasteiger partial charge < -0.3 is 4.57 Å². The Morgan fingerprint density at radius 1 is 1.31 bits per heavy atom. The summed E-state index contributed by atoms with van der Waals surface area (Å²) in [6, 6.07) is 0. The van der Waals surface area contributed by atoms with Crippen molar-refractivity contribution in [3.63, 3.8) is 0 Å². The molecule has 0 N–H and O–H groups in total. The van der Waals surface area contributed by atoms with E-state index in [0.717, 1.165) is 24.1 Å². The second kappa shape index (κ2) is 4.75. The first-order chi connectivity index (χ1) is 7.86. The van der Waals surface area contributed by atoms with Crippen molar-refractivity contribution >= 4 is 11.2 Å². The van der Waals surface area contributed by atoms with E-state index in [9.17, 15) is 0 Å². The first kappa shape index (κ1) is 10.6. The average molecular weight is 214 g/mol. The van der Waals surface area contributed by atoms with Gasteiger partial charge in [0, 0.05) is 6.54 Å². The van der Waals surface area contributed by atoms with E-state index in [4.69, 9.17) is 6.42 Å². The fourth-order valence-electron chi connectivity index (χ4n) is 1.68. The fourth-order valence-corrected chi connectivity index (χ4v) is 1.68. The minimum atomic E-state index is 0.569. The minimum Gasteiger partial charge on any atom is -0.315 e. The van der Waals surface area contributed by atoms with Gasteiger partial charge in [0.1, 0.15) is 17.5 Å². The maximum Gasteiger partial charge on any atom is 0.164 e. The van der Waals surface area contributed by atoms with Crippen molar-refractivity contribution in [1.29, 1.82) is 0 Å². The molecule has 0 aliphatic carbocycles. The van der Waals surface area contributed by atoms with Gasteiger partial charge in [-0.3, -0.25) is 0 Å². The zero-order valence-electron chi connectivity index (χ0n) is 9.35. The Morgan fingerprint density at radius 2 is 2.19 bits per heavy atom. The molecule has 0 bridgehead atoms. The van der Waals surface area contributed by atoms with Crippen molar-refractivity contribution in [1.82, 2.24) is 19.5 Å². The summed E-state index contributed by atoms with van der Waals surface area (Å²) >= 11 is 0. The maximum absolute atomic E-state index is 5.36. The summed E-state index contributed by atoms with van der Waals surface area (Å²) in [6.45, 7) is 3.12. The number of hydrogen-bond donors (Lipinski definition) is 0. The lowest BCUT2D eigenvalue weighted by Crippen LogP contribution is -1.98. The lowest BCUT2D eigenvalue weighted by molar-refractivity contribution is 0.610. The third-order valence-electron chi connectivity index (χ3n) is 2.54. The van der Waals surface area contributed by atoms with E-state index in [-0.39, 0.29) is 0 Å². The van der Waals surface area contributed by atoms with Crippen LogP contribution in [0.4, 0.5) is 0 Å². The van der Waals surface area contributed by atoms with Gasteiger partial charge in [0.25, 0.3) is 0 Å². The molecule has 16 heavy (non-hydrogen) atoms. The molecule has 2 aromatic heterocycles. The summed E-state index contributed by atoms with van der Waals surface area (Å²) < 4.78 is 2.04. The van der Waals surface area contributed by atoms with Gasteiger partial charge >= 0.3 is 0 Å². The van der Waals surface area contributed by atoms with Gasteiger partial charge in [-0.05, 0) is 12.3 Å². The number of nitrogens with zero attached hydrogens (tertiary/aromatic N) is 4. The van der Waals surface area contributed by atoms with Crippen LogP contribution >= 0.6 is 0 Å². The molecule has 0 saturated heterocycles. The average Bonchev–Trinajstić information content (AvgIpc) is 2.73. The third-order valence-corrected chi connectivity index (χ3v) is 2.54. The largest absolute Gasteiger partial charge is 0.315 e. The number of rotatable bonds is 4. The van der Waals surface area contributed by atoms with Crippen molar-refractivity contribution in [2.24, 2.45) is 0 Å². The summed E-state index contributed by atoms with van der Waals surface area (Å²) in [7, 11) is 0. The van der Waals surface area contributed by atoms with Gasteiger partial charge in [0.15, 0.2) is 5.65 Å². The molecule has 0 spiro atoms. The molecule has 2 heterocycles. The van der Waals surface area contributed by atoms with Crippen LogP contribution in [0.2, 0.25) is 0 Å². The Labute approximate surface area is 94.7 Å². The molecule has 0 saturated carbocycles. The molecule has 0 amide bonds. The second-order valence-corrected chi connectivity index (χ2v) is 3.68. The molecule has 0 atom stereocenters. The normalized spacial score (nSPS) is 10.5. The zero-order valence-corrected chi connectivity index (χ0v) is 9.35. The number of imidazole rings is 1. The first-order valence-electron chi connectivity index (χ1n) is 5.49. The van der Waals surface area contributed by atoms with Crippen LogP contribution in [-0.4, -0.2) is 19.5 Å². The quantitative estimate of drug-likeness (QED) is 0.577. The van der Waals surface area contributed by atoms with Crippen LogP contribution < -0.4 is 0 Å². The highest BCUT2D eigenvalue weighted by Gasteiger charge is 2.07. The van der Waals surface area contributed by atoms with Gasteiger partial charge in [0.2, 0.25) is 0 Å². The number of hydrogen-bond acceptors (Lipinski definition) is 3. The molecule has 82 valence electrons. The summed E-state index contributed by atoms with van der Waals surface area (Å²) in [5.74, 6) is 2.52. The van der Waals surface area contributed by atoms with E-state index in [1.807, 2.05) is 4.57 Å². The van der Waals surface area contributed by atoms with Crippen LogP contribution in [-0.2, 0) is 6.54 Å². The van der Waals surface area contributed by atoms with Gasteiger partial charge in [-0.15, -0.1) is 6.42 Å². The lowest BCUT2D eigenvalue weighted by Gasteiger charge is -2.01. The van der Waals surface area contributed by atoms with Crippen molar-refractivity contribution < 1.29 is 0 Å². The molecule has 2 aromatic rings. The van der Waals surface area contributed by atoms with E-state index < -0.39 is 0 Å².